The number of hydrogen-bond acceptors (Lipinski definition) is 5. The molecule has 1 N–H and O–H groups in total. The zero-order chi connectivity index (χ0) is 21.5. The highest BCUT2D eigenvalue weighted by Gasteiger charge is 2.32. The summed E-state index contributed by atoms with van der Waals surface area (Å²) in [6.07, 6.45) is 1.77. The Labute approximate surface area is 188 Å². The number of nitrogens with zero attached hydrogens (tertiary/aromatic N) is 2. The van der Waals surface area contributed by atoms with E-state index >= 15 is 0 Å². The first-order valence-corrected chi connectivity index (χ1v) is 11.1. The standard InChI is InChI=1S/C26H17N3O2S/c30-24(23-18-6-1-3-9-21(18)31-22-10-4-2-7-19(22)23)28-17-13-11-16(12-14-17)25-29-20-8-5-15-27-26(20)32-25/h1-15,23H,(H,28,30). The molecule has 2 aromatic heterocycles. The molecule has 6 heteroatoms. The van der Waals surface area contributed by atoms with Crippen LogP contribution < -0.4 is 10.1 Å². The van der Waals surface area contributed by atoms with E-state index in [1.54, 1.807) is 17.5 Å². The maximum atomic E-state index is 13.4. The Morgan fingerprint density at radius 3 is 2.22 bits per heavy atom. The number of carbonyl (C=O) groups excluding carboxylic acids is 1. The molecule has 0 radical (unpaired) electrons. The van der Waals surface area contributed by atoms with Crippen molar-refractivity contribution >= 4 is 33.3 Å². The molecule has 0 unspecified atom stereocenters. The molecule has 3 heterocycles. The molecule has 1 aliphatic heterocycles. The molecule has 0 fully saturated rings. The van der Waals surface area contributed by atoms with Crippen LogP contribution in [0, 0.1) is 0 Å². The van der Waals surface area contributed by atoms with Gasteiger partial charge >= 0.3 is 0 Å². The molecule has 0 aliphatic carbocycles. The minimum absolute atomic E-state index is 0.0925. The molecule has 32 heavy (non-hydrogen) atoms. The van der Waals surface area contributed by atoms with Crippen molar-refractivity contribution < 1.29 is 9.53 Å². The minimum Gasteiger partial charge on any atom is -0.457 e. The third-order valence-corrected chi connectivity index (χ3v) is 6.54. The molecule has 0 saturated heterocycles. The second kappa shape index (κ2) is 7.59. The fourth-order valence-corrected chi connectivity index (χ4v) is 4.91. The highest BCUT2D eigenvalue weighted by Crippen LogP contribution is 2.44. The summed E-state index contributed by atoms with van der Waals surface area (Å²) in [5, 5.41) is 3.98. The van der Waals surface area contributed by atoms with Crippen molar-refractivity contribution in [2.24, 2.45) is 0 Å². The highest BCUT2D eigenvalue weighted by molar-refractivity contribution is 7.21. The predicted octanol–water partition coefficient (Wildman–Crippen LogP) is 6.23. The maximum absolute atomic E-state index is 13.4. The van der Waals surface area contributed by atoms with Gasteiger partial charge in [-0.25, -0.2) is 9.97 Å². The molecule has 0 saturated carbocycles. The van der Waals surface area contributed by atoms with Gasteiger partial charge in [0.1, 0.15) is 26.9 Å². The van der Waals surface area contributed by atoms with Crippen LogP contribution in [0.5, 0.6) is 11.5 Å². The molecule has 1 aliphatic rings. The van der Waals surface area contributed by atoms with Crippen molar-refractivity contribution in [3.8, 4) is 22.1 Å². The van der Waals surface area contributed by atoms with Gasteiger partial charge in [0, 0.05) is 28.6 Å². The minimum atomic E-state index is -0.439. The monoisotopic (exact) mass is 435 g/mol. The zero-order valence-electron chi connectivity index (χ0n) is 16.9. The Kier molecular flexibility index (Phi) is 4.44. The van der Waals surface area contributed by atoms with Gasteiger partial charge in [-0.2, -0.15) is 0 Å². The summed E-state index contributed by atoms with van der Waals surface area (Å²) in [6, 6.07) is 27.0. The van der Waals surface area contributed by atoms with Crippen LogP contribution >= 0.6 is 11.3 Å². The molecular formula is C26H17N3O2S. The van der Waals surface area contributed by atoms with Gasteiger partial charge < -0.3 is 10.1 Å². The first-order chi connectivity index (χ1) is 15.8. The van der Waals surface area contributed by atoms with E-state index in [4.69, 9.17) is 4.74 Å². The van der Waals surface area contributed by atoms with Crippen LogP contribution in [-0.4, -0.2) is 15.9 Å². The summed E-state index contributed by atoms with van der Waals surface area (Å²) in [5.41, 5.74) is 4.35. The largest absolute Gasteiger partial charge is 0.457 e. The van der Waals surface area contributed by atoms with Gasteiger partial charge in [-0.05, 0) is 48.5 Å². The third kappa shape index (κ3) is 3.21. The second-order valence-electron chi connectivity index (χ2n) is 7.52. The second-order valence-corrected chi connectivity index (χ2v) is 8.50. The van der Waals surface area contributed by atoms with Crippen molar-refractivity contribution in [2.45, 2.75) is 5.92 Å². The lowest BCUT2D eigenvalue weighted by Crippen LogP contribution is -2.25. The summed E-state index contributed by atoms with van der Waals surface area (Å²) >= 11 is 1.55. The number of benzene rings is 3. The van der Waals surface area contributed by atoms with Crippen LogP contribution in [0.1, 0.15) is 17.0 Å². The number of pyridine rings is 1. The van der Waals surface area contributed by atoms with Crippen molar-refractivity contribution in [1.82, 2.24) is 9.97 Å². The smallest absolute Gasteiger partial charge is 0.236 e. The van der Waals surface area contributed by atoms with E-state index in [0.29, 0.717) is 11.5 Å². The van der Waals surface area contributed by atoms with E-state index in [1.807, 2.05) is 84.9 Å². The summed E-state index contributed by atoms with van der Waals surface area (Å²) in [4.78, 5) is 23.3. The van der Waals surface area contributed by atoms with Gasteiger partial charge in [-0.1, -0.05) is 47.7 Å². The molecule has 3 aromatic carbocycles. The van der Waals surface area contributed by atoms with Crippen molar-refractivity contribution in [2.75, 3.05) is 5.32 Å². The number of amides is 1. The number of ether oxygens (including phenoxy) is 1. The fraction of sp³-hybridized carbons (Fsp3) is 0.0385. The Morgan fingerprint density at radius 1 is 0.844 bits per heavy atom. The molecule has 0 spiro atoms. The van der Waals surface area contributed by atoms with E-state index in [9.17, 15) is 4.79 Å². The number of nitrogens with one attached hydrogen (secondary N) is 1. The molecule has 5 nitrogen and oxygen atoms in total. The van der Waals surface area contributed by atoms with Gasteiger partial charge in [0.25, 0.3) is 0 Å². The SMILES string of the molecule is O=C(Nc1ccc(-c2nc3cccnc3s2)cc1)C1c2ccccc2Oc2ccccc21. The average Bonchev–Trinajstić information content (AvgIpc) is 3.27. The Balaban J connectivity index is 1.29. The lowest BCUT2D eigenvalue weighted by Gasteiger charge is -2.27. The Bertz CT molecular complexity index is 1380. The number of para-hydroxylation sites is 2. The van der Waals surface area contributed by atoms with Crippen LogP contribution in [-0.2, 0) is 4.79 Å². The number of fused-ring (bicyclic) bond motifs is 3. The van der Waals surface area contributed by atoms with Gasteiger partial charge in [0.15, 0.2) is 0 Å². The topological polar surface area (TPSA) is 64.1 Å². The normalized spacial score (nSPS) is 12.6. The number of anilines is 1. The first kappa shape index (κ1) is 18.7. The number of aromatic nitrogens is 2. The molecule has 1 amide bonds. The Morgan fingerprint density at radius 2 is 1.53 bits per heavy atom. The highest BCUT2D eigenvalue weighted by atomic mass is 32.1. The predicted molar refractivity (Wildman–Crippen MR) is 126 cm³/mol. The number of rotatable bonds is 3. The molecule has 154 valence electrons. The zero-order valence-corrected chi connectivity index (χ0v) is 17.7. The van der Waals surface area contributed by atoms with Crippen molar-refractivity contribution in [3.63, 3.8) is 0 Å². The van der Waals surface area contributed by atoms with Crippen molar-refractivity contribution in [1.29, 1.82) is 0 Å². The van der Waals surface area contributed by atoms with E-state index in [-0.39, 0.29) is 5.91 Å². The molecule has 6 rings (SSSR count). The lowest BCUT2D eigenvalue weighted by molar-refractivity contribution is -0.116. The summed E-state index contributed by atoms with van der Waals surface area (Å²) in [6.45, 7) is 0. The van der Waals surface area contributed by atoms with Gasteiger partial charge in [0.05, 0.1) is 5.92 Å². The van der Waals surface area contributed by atoms with Gasteiger partial charge in [0.2, 0.25) is 5.91 Å². The molecular weight excluding hydrogens is 418 g/mol. The maximum Gasteiger partial charge on any atom is 0.236 e. The van der Waals surface area contributed by atoms with Crippen LogP contribution in [0.25, 0.3) is 20.9 Å². The van der Waals surface area contributed by atoms with E-state index in [1.165, 1.54) is 0 Å². The van der Waals surface area contributed by atoms with E-state index in [0.717, 1.165) is 37.7 Å². The number of hydrogen-bond donors (Lipinski definition) is 1. The number of thiazole rings is 1. The Hall–Kier alpha value is -4.03. The molecule has 0 atom stereocenters. The van der Waals surface area contributed by atoms with Crippen LogP contribution in [0.3, 0.4) is 0 Å². The quantitative estimate of drug-likeness (QED) is 0.365. The van der Waals surface area contributed by atoms with Gasteiger partial charge in [-0.3, -0.25) is 4.79 Å². The summed E-state index contributed by atoms with van der Waals surface area (Å²) in [7, 11) is 0. The third-order valence-electron chi connectivity index (χ3n) is 5.51. The van der Waals surface area contributed by atoms with Gasteiger partial charge in [-0.15, -0.1) is 0 Å². The van der Waals surface area contributed by atoms with Crippen LogP contribution in [0.2, 0.25) is 0 Å². The lowest BCUT2D eigenvalue weighted by atomic mass is 9.87. The molecule has 5 aromatic rings. The van der Waals surface area contributed by atoms with Crippen LogP contribution in [0.15, 0.2) is 91.1 Å². The number of carbonyl (C=O) groups is 1. The summed E-state index contributed by atoms with van der Waals surface area (Å²) in [5.74, 6) is 0.897. The first-order valence-electron chi connectivity index (χ1n) is 10.2. The molecule has 0 bridgehead atoms. The average molecular weight is 436 g/mol. The van der Waals surface area contributed by atoms with Crippen molar-refractivity contribution in [3.05, 3.63) is 102 Å². The fourth-order valence-electron chi connectivity index (χ4n) is 4.00. The van der Waals surface area contributed by atoms with E-state index < -0.39 is 5.92 Å². The van der Waals surface area contributed by atoms with Crippen LogP contribution in [0.4, 0.5) is 5.69 Å². The van der Waals surface area contributed by atoms with E-state index in [2.05, 4.69) is 15.3 Å². The summed E-state index contributed by atoms with van der Waals surface area (Å²) < 4.78 is 6.01.